The Labute approximate surface area is 124 Å². The minimum atomic E-state index is 0.221. The van der Waals surface area contributed by atoms with Gasteiger partial charge in [-0.05, 0) is 24.6 Å². The van der Waals surface area contributed by atoms with Gasteiger partial charge in [0.25, 0.3) is 0 Å². The Morgan fingerprint density at radius 3 is 3.10 bits per heavy atom. The average Bonchev–Trinajstić information content (AvgIpc) is 2.87. The molecule has 0 spiro atoms. The molecule has 0 bridgehead atoms. The van der Waals surface area contributed by atoms with Crippen molar-refractivity contribution < 1.29 is 9.47 Å². The molecule has 2 aromatic rings. The van der Waals surface area contributed by atoms with E-state index < -0.39 is 0 Å². The molecule has 5 heteroatoms. The normalized spacial score (nSPS) is 17.0. The molecule has 2 heterocycles. The van der Waals surface area contributed by atoms with Gasteiger partial charge in [0.2, 0.25) is 0 Å². The number of fused-ring (bicyclic) bond motifs is 1. The summed E-state index contributed by atoms with van der Waals surface area (Å²) in [5, 5.41) is 8.09. The molecule has 3 rings (SSSR count). The summed E-state index contributed by atoms with van der Waals surface area (Å²) in [7, 11) is 3.63. The summed E-state index contributed by atoms with van der Waals surface area (Å²) in [6.45, 7) is 2.84. The van der Waals surface area contributed by atoms with Gasteiger partial charge in [-0.2, -0.15) is 5.10 Å². The van der Waals surface area contributed by atoms with Crippen molar-refractivity contribution in [1.82, 2.24) is 9.78 Å². The molecule has 0 saturated carbocycles. The molecule has 0 radical (unpaired) electrons. The third-order valence-corrected chi connectivity index (χ3v) is 3.83. The van der Waals surface area contributed by atoms with Gasteiger partial charge >= 0.3 is 0 Å². The fourth-order valence-corrected chi connectivity index (χ4v) is 2.75. The van der Waals surface area contributed by atoms with Crippen LogP contribution in [0.2, 0.25) is 0 Å². The van der Waals surface area contributed by atoms with E-state index in [9.17, 15) is 0 Å². The summed E-state index contributed by atoms with van der Waals surface area (Å²) in [6.07, 6.45) is 3.88. The number of hydrogen-bond acceptors (Lipinski definition) is 4. The summed E-state index contributed by atoms with van der Waals surface area (Å²) in [6, 6.07) is 6.18. The van der Waals surface area contributed by atoms with Gasteiger partial charge in [0, 0.05) is 25.2 Å². The summed E-state index contributed by atoms with van der Waals surface area (Å²) < 4.78 is 12.9. The van der Waals surface area contributed by atoms with Crippen LogP contribution < -0.4 is 14.8 Å². The molecule has 1 atom stereocenters. The van der Waals surface area contributed by atoms with Crippen LogP contribution in [0.1, 0.15) is 30.6 Å². The number of methoxy groups -OCH3 is 1. The summed E-state index contributed by atoms with van der Waals surface area (Å²) in [4.78, 5) is 0. The van der Waals surface area contributed by atoms with E-state index in [-0.39, 0.29) is 6.04 Å². The molecule has 1 aliphatic rings. The summed E-state index contributed by atoms with van der Waals surface area (Å²) >= 11 is 0. The first-order valence-corrected chi connectivity index (χ1v) is 7.31. The van der Waals surface area contributed by atoms with Crippen LogP contribution in [0.15, 0.2) is 24.4 Å². The van der Waals surface area contributed by atoms with Crippen LogP contribution >= 0.6 is 0 Å². The van der Waals surface area contributed by atoms with Crippen molar-refractivity contribution in [3.05, 3.63) is 35.7 Å². The summed E-state index contributed by atoms with van der Waals surface area (Å²) in [5.41, 5.74) is 3.33. The molecule has 0 fully saturated rings. The number of nitrogens with one attached hydrogen (secondary N) is 1. The highest BCUT2D eigenvalue weighted by Crippen LogP contribution is 2.37. The van der Waals surface area contributed by atoms with E-state index in [2.05, 4.69) is 17.3 Å². The van der Waals surface area contributed by atoms with E-state index in [4.69, 9.17) is 9.47 Å². The Bertz CT molecular complexity index is 636. The molecule has 1 unspecified atom stereocenters. The van der Waals surface area contributed by atoms with Gasteiger partial charge in [0.15, 0.2) is 0 Å². The second-order valence-electron chi connectivity index (χ2n) is 5.25. The van der Waals surface area contributed by atoms with E-state index in [0.717, 1.165) is 47.9 Å². The van der Waals surface area contributed by atoms with Crippen LogP contribution in [-0.2, 0) is 13.5 Å². The first-order chi connectivity index (χ1) is 10.2. The van der Waals surface area contributed by atoms with E-state index in [0.29, 0.717) is 0 Å². The van der Waals surface area contributed by atoms with E-state index >= 15 is 0 Å². The molecule has 5 nitrogen and oxygen atoms in total. The SMILES string of the molecule is CCc1nn(C)cc1NC1CCOc2ccc(OC)cc21. The monoisotopic (exact) mass is 287 g/mol. The predicted molar refractivity (Wildman–Crippen MR) is 82.1 cm³/mol. The van der Waals surface area contributed by atoms with Crippen LogP contribution in [0.25, 0.3) is 0 Å². The molecule has 112 valence electrons. The van der Waals surface area contributed by atoms with Crippen molar-refractivity contribution in [1.29, 1.82) is 0 Å². The lowest BCUT2D eigenvalue weighted by atomic mass is 10.00. The fourth-order valence-electron chi connectivity index (χ4n) is 2.75. The molecule has 1 N–H and O–H groups in total. The van der Waals surface area contributed by atoms with Crippen LogP contribution in [-0.4, -0.2) is 23.5 Å². The topological polar surface area (TPSA) is 48.3 Å². The molecule has 0 amide bonds. The number of ether oxygens (including phenoxy) is 2. The van der Waals surface area contributed by atoms with E-state index in [1.807, 2.05) is 36.1 Å². The first kappa shape index (κ1) is 13.8. The molecule has 1 aliphatic heterocycles. The highest BCUT2D eigenvalue weighted by atomic mass is 16.5. The average molecular weight is 287 g/mol. The zero-order valence-corrected chi connectivity index (χ0v) is 12.7. The maximum absolute atomic E-state index is 5.74. The Morgan fingerprint density at radius 1 is 1.48 bits per heavy atom. The fraction of sp³-hybridized carbons (Fsp3) is 0.438. The standard InChI is InChI=1S/C16H21N3O2/c1-4-13-15(10-19(2)18-13)17-14-7-8-21-16-6-5-11(20-3)9-12(14)16/h5-6,9-10,14,17H,4,7-8H2,1-3H3. The van der Waals surface area contributed by atoms with Crippen LogP contribution in [0, 0.1) is 0 Å². The van der Waals surface area contributed by atoms with Crippen molar-refractivity contribution >= 4 is 5.69 Å². The van der Waals surface area contributed by atoms with E-state index in [1.54, 1.807) is 7.11 Å². The number of aromatic nitrogens is 2. The Balaban J connectivity index is 1.90. The molecule has 21 heavy (non-hydrogen) atoms. The summed E-state index contributed by atoms with van der Waals surface area (Å²) in [5.74, 6) is 1.79. The van der Waals surface area contributed by atoms with Crippen molar-refractivity contribution in [2.24, 2.45) is 7.05 Å². The third kappa shape index (κ3) is 2.68. The maximum atomic E-state index is 5.74. The molecule has 0 aliphatic carbocycles. The molecule has 0 saturated heterocycles. The Kier molecular flexibility index (Phi) is 3.73. The number of hydrogen-bond donors (Lipinski definition) is 1. The van der Waals surface area contributed by atoms with Crippen molar-refractivity contribution in [2.75, 3.05) is 19.0 Å². The largest absolute Gasteiger partial charge is 0.497 e. The van der Waals surface area contributed by atoms with Crippen LogP contribution in [0.5, 0.6) is 11.5 Å². The number of anilines is 1. The lowest BCUT2D eigenvalue weighted by Crippen LogP contribution is -2.20. The van der Waals surface area contributed by atoms with Crippen molar-refractivity contribution in [3.8, 4) is 11.5 Å². The van der Waals surface area contributed by atoms with Gasteiger partial charge in [-0.1, -0.05) is 6.92 Å². The third-order valence-electron chi connectivity index (χ3n) is 3.83. The quantitative estimate of drug-likeness (QED) is 0.939. The molecular weight excluding hydrogens is 266 g/mol. The number of aryl methyl sites for hydroxylation is 2. The lowest BCUT2D eigenvalue weighted by molar-refractivity contribution is 0.273. The zero-order valence-electron chi connectivity index (χ0n) is 12.7. The number of rotatable bonds is 4. The highest BCUT2D eigenvalue weighted by Gasteiger charge is 2.23. The minimum Gasteiger partial charge on any atom is -0.497 e. The number of benzene rings is 1. The Hall–Kier alpha value is -2.17. The number of nitrogens with zero attached hydrogens (tertiary/aromatic N) is 2. The van der Waals surface area contributed by atoms with Crippen molar-refractivity contribution in [3.63, 3.8) is 0 Å². The van der Waals surface area contributed by atoms with Crippen LogP contribution in [0.4, 0.5) is 5.69 Å². The Morgan fingerprint density at radius 2 is 2.33 bits per heavy atom. The van der Waals surface area contributed by atoms with Gasteiger partial charge < -0.3 is 14.8 Å². The molecule has 1 aromatic carbocycles. The maximum Gasteiger partial charge on any atom is 0.124 e. The van der Waals surface area contributed by atoms with Crippen LogP contribution in [0.3, 0.4) is 0 Å². The first-order valence-electron chi connectivity index (χ1n) is 7.31. The zero-order chi connectivity index (χ0) is 14.8. The van der Waals surface area contributed by atoms with Gasteiger partial charge in [0.05, 0.1) is 31.1 Å². The highest BCUT2D eigenvalue weighted by molar-refractivity contribution is 5.52. The lowest BCUT2D eigenvalue weighted by Gasteiger charge is -2.27. The van der Waals surface area contributed by atoms with Crippen molar-refractivity contribution in [2.45, 2.75) is 25.8 Å². The van der Waals surface area contributed by atoms with Gasteiger partial charge in [-0.15, -0.1) is 0 Å². The van der Waals surface area contributed by atoms with Gasteiger partial charge in [-0.3, -0.25) is 4.68 Å². The predicted octanol–water partition coefficient (Wildman–Crippen LogP) is 2.93. The molecule has 1 aromatic heterocycles. The molecular formula is C16H21N3O2. The second kappa shape index (κ2) is 5.68. The second-order valence-corrected chi connectivity index (χ2v) is 5.25. The van der Waals surface area contributed by atoms with Gasteiger partial charge in [0.1, 0.15) is 11.5 Å². The minimum absolute atomic E-state index is 0.221. The van der Waals surface area contributed by atoms with E-state index in [1.165, 1.54) is 0 Å². The smallest absolute Gasteiger partial charge is 0.124 e. The van der Waals surface area contributed by atoms with Gasteiger partial charge in [-0.25, -0.2) is 0 Å².